The molecule has 0 aromatic heterocycles. The Labute approximate surface area is 199 Å². The van der Waals surface area contributed by atoms with Crippen LogP contribution < -0.4 is 19.5 Å². The number of hydrogen-bond acceptors (Lipinski definition) is 6. The summed E-state index contributed by atoms with van der Waals surface area (Å²) in [5.41, 5.74) is 1.25. The molecule has 1 heterocycles. The molecule has 3 rings (SSSR count). The molecular formula is C24H30ClN3O5. The topological polar surface area (TPSA) is 80.3 Å². The fourth-order valence-corrected chi connectivity index (χ4v) is 4.01. The first kappa shape index (κ1) is 24.7. The van der Waals surface area contributed by atoms with Crippen molar-refractivity contribution in [2.24, 2.45) is 0 Å². The van der Waals surface area contributed by atoms with Gasteiger partial charge in [-0.3, -0.25) is 9.59 Å². The molecule has 0 atom stereocenters. The monoisotopic (exact) mass is 475 g/mol. The first-order valence-electron chi connectivity index (χ1n) is 10.8. The smallest absolute Gasteiger partial charge is 0.254 e. The Bertz CT molecular complexity index is 953. The molecule has 0 spiro atoms. The zero-order valence-electron chi connectivity index (χ0n) is 19.2. The molecule has 0 aliphatic carbocycles. The number of halogens is 1. The summed E-state index contributed by atoms with van der Waals surface area (Å²) >= 11 is 6.15. The quantitative estimate of drug-likeness (QED) is 0.600. The van der Waals surface area contributed by atoms with Crippen molar-refractivity contribution in [3.63, 3.8) is 0 Å². The van der Waals surface area contributed by atoms with E-state index in [1.807, 2.05) is 23.1 Å². The van der Waals surface area contributed by atoms with E-state index >= 15 is 0 Å². The van der Waals surface area contributed by atoms with Gasteiger partial charge in [-0.2, -0.15) is 0 Å². The Morgan fingerprint density at radius 1 is 1.03 bits per heavy atom. The number of hydrogen-bond donors (Lipinski definition) is 1. The van der Waals surface area contributed by atoms with Gasteiger partial charge in [-0.05, 0) is 29.8 Å². The van der Waals surface area contributed by atoms with Gasteiger partial charge in [0.15, 0.2) is 11.5 Å². The third kappa shape index (κ3) is 6.30. The third-order valence-corrected chi connectivity index (χ3v) is 5.76. The zero-order chi connectivity index (χ0) is 23.8. The lowest BCUT2D eigenvalue weighted by atomic mass is 10.1. The molecule has 1 aliphatic heterocycles. The molecule has 1 saturated heterocycles. The lowest BCUT2D eigenvalue weighted by Crippen LogP contribution is -2.47. The van der Waals surface area contributed by atoms with Crippen molar-refractivity contribution in [3.05, 3.63) is 52.5 Å². The van der Waals surface area contributed by atoms with Gasteiger partial charge in [0.25, 0.3) is 5.91 Å². The van der Waals surface area contributed by atoms with E-state index < -0.39 is 0 Å². The van der Waals surface area contributed by atoms with E-state index in [1.54, 1.807) is 23.1 Å². The lowest BCUT2D eigenvalue weighted by molar-refractivity contribution is -0.132. The largest absolute Gasteiger partial charge is 0.493 e. The van der Waals surface area contributed by atoms with Crippen LogP contribution in [0.2, 0.25) is 5.02 Å². The minimum absolute atomic E-state index is 0.0327. The fraction of sp³-hybridized carbons (Fsp3) is 0.417. The highest BCUT2D eigenvalue weighted by Gasteiger charge is 2.24. The molecule has 0 unspecified atom stereocenters. The number of benzene rings is 2. The number of carbonyl (C=O) groups excluding carboxylic acids is 2. The maximum absolute atomic E-state index is 13.6. The van der Waals surface area contributed by atoms with Crippen LogP contribution in [0.3, 0.4) is 0 Å². The molecule has 2 aromatic carbocycles. The van der Waals surface area contributed by atoms with Crippen molar-refractivity contribution >= 4 is 23.4 Å². The summed E-state index contributed by atoms with van der Waals surface area (Å²) in [5.74, 6) is 0.971. The van der Waals surface area contributed by atoms with Gasteiger partial charge in [0.05, 0.1) is 21.3 Å². The first-order valence-corrected chi connectivity index (χ1v) is 11.2. The summed E-state index contributed by atoms with van der Waals surface area (Å²) in [6, 6.07) is 10.6. The van der Waals surface area contributed by atoms with Crippen molar-refractivity contribution < 1.29 is 23.8 Å². The number of nitrogens with one attached hydrogen (secondary N) is 1. The van der Waals surface area contributed by atoms with Crippen LogP contribution in [0.1, 0.15) is 22.3 Å². The molecule has 2 amide bonds. The second-order valence-electron chi connectivity index (χ2n) is 7.65. The van der Waals surface area contributed by atoms with E-state index in [2.05, 4.69) is 5.32 Å². The number of piperazine rings is 1. The Hall–Kier alpha value is -2.97. The summed E-state index contributed by atoms with van der Waals surface area (Å²) in [6.45, 7) is 3.49. The minimum Gasteiger partial charge on any atom is -0.493 e. The van der Waals surface area contributed by atoms with Crippen molar-refractivity contribution in [2.45, 2.75) is 13.0 Å². The Morgan fingerprint density at radius 3 is 2.27 bits per heavy atom. The van der Waals surface area contributed by atoms with Crippen LogP contribution in [0.5, 0.6) is 17.2 Å². The summed E-state index contributed by atoms with van der Waals surface area (Å²) in [4.78, 5) is 29.8. The number of ether oxygens (including phenoxy) is 3. The normalized spacial score (nSPS) is 13.4. The Morgan fingerprint density at radius 2 is 1.70 bits per heavy atom. The summed E-state index contributed by atoms with van der Waals surface area (Å²) in [7, 11) is 4.51. The second kappa shape index (κ2) is 11.8. The van der Waals surface area contributed by atoms with E-state index in [0.717, 1.165) is 18.7 Å². The molecule has 0 radical (unpaired) electrons. The molecule has 1 aliphatic rings. The molecule has 9 heteroatoms. The van der Waals surface area contributed by atoms with Crippen molar-refractivity contribution in [3.8, 4) is 17.2 Å². The first-order chi connectivity index (χ1) is 16.0. The Balaban J connectivity index is 1.85. The zero-order valence-corrected chi connectivity index (χ0v) is 20.0. The number of methoxy groups -OCH3 is 3. The maximum atomic E-state index is 13.6. The fourth-order valence-electron chi connectivity index (χ4n) is 3.80. The van der Waals surface area contributed by atoms with Gasteiger partial charge in [0.1, 0.15) is 0 Å². The minimum atomic E-state index is -0.248. The highest BCUT2D eigenvalue weighted by molar-refractivity contribution is 6.30. The van der Waals surface area contributed by atoms with E-state index in [-0.39, 0.29) is 24.8 Å². The van der Waals surface area contributed by atoms with E-state index in [9.17, 15) is 9.59 Å². The van der Waals surface area contributed by atoms with Gasteiger partial charge in [0.2, 0.25) is 11.7 Å². The predicted molar refractivity (Wildman–Crippen MR) is 126 cm³/mol. The Kier molecular flexibility index (Phi) is 8.79. The molecule has 1 N–H and O–H groups in total. The molecule has 33 heavy (non-hydrogen) atoms. The van der Waals surface area contributed by atoms with Crippen LogP contribution in [0.15, 0.2) is 36.4 Å². The average Bonchev–Trinajstić information content (AvgIpc) is 2.85. The molecule has 0 bridgehead atoms. The number of carbonyl (C=O) groups is 2. The van der Waals surface area contributed by atoms with Crippen LogP contribution >= 0.6 is 11.6 Å². The maximum Gasteiger partial charge on any atom is 0.254 e. The van der Waals surface area contributed by atoms with Crippen LogP contribution in [0.25, 0.3) is 0 Å². The van der Waals surface area contributed by atoms with Crippen molar-refractivity contribution in [1.29, 1.82) is 0 Å². The molecule has 2 aromatic rings. The van der Waals surface area contributed by atoms with Gasteiger partial charge in [-0.1, -0.05) is 23.7 Å². The number of nitrogens with zero attached hydrogens (tertiary/aromatic N) is 2. The SMILES string of the molecule is COc1cc(C(=O)N(CCC(=O)N2CCNCC2)Cc2cccc(Cl)c2)cc(OC)c1OC. The lowest BCUT2D eigenvalue weighted by Gasteiger charge is -2.29. The van der Waals surface area contributed by atoms with Crippen LogP contribution in [-0.2, 0) is 11.3 Å². The van der Waals surface area contributed by atoms with Gasteiger partial charge in [-0.15, -0.1) is 0 Å². The van der Waals surface area contributed by atoms with Crippen LogP contribution in [-0.4, -0.2) is 75.7 Å². The second-order valence-corrected chi connectivity index (χ2v) is 8.09. The van der Waals surface area contributed by atoms with Gasteiger partial charge < -0.3 is 29.3 Å². The van der Waals surface area contributed by atoms with Gasteiger partial charge >= 0.3 is 0 Å². The molecule has 1 fully saturated rings. The standard InChI is InChI=1S/C24H30ClN3O5/c1-31-20-14-18(15-21(32-2)23(20)33-3)24(30)28(16-17-5-4-6-19(25)13-17)10-7-22(29)27-11-8-26-9-12-27/h4-6,13-15,26H,7-12,16H2,1-3H3. The van der Waals surface area contributed by atoms with Crippen LogP contribution in [0.4, 0.5) is 0 Å². The molecule has 178 valence electrons. The van der Waals surface area contributed by atoms with E-state index in [4.69, 9.17) is 25.8 Å². The van der Waals surface area contributed by atoms with E-state index in [1.165, 1.54) is 21.3 Å². The molecule has 8 nitrogen and oxygen atoms in total. The third-order valence-electron chi connectivity index (χ3n) is 5.53. The number of amides is 2. The highest BCUT2D eigenvalue weighted by Crippen LogP contribution is 2.38. The van der Waals surface area contributed by atoms with E-state index in [0.29, 0.717) is 47.5 Å². The highest BCUT2D eigenvalue weighted by atomic mass is 35.5. The molecular weight excluding hydrogens is 446 g/mol. The van der Waals surface area contributed by atoms with Crippen LogP contribution in [0, 0.1) is 0 Å². The predicted octanol–water partition coefficient (Wildman–Crippen LogP) is 2.83. The van der Waals surface area contributed by atoms with Crippen molar-refractivity contribution in [1.82, 2.24) is 15.1 Å². The average molecular weight is 476 g/mol. The van der Waals surface area contributed by atoms with Crippen molar-refractivity contribution in [2.75, 3.05) is 54.1 Å². The summed E-state index contributed by atoms with van der Waals surface area (Å²) in [6.07, 6.45) is 0.233. The van der Waals surface area contributed by atoms with Gasteiger partial charge in [-0.25, -0.2) is 0 Å². The van der Waals surface area contributed by atoms with Gasteiger partial charge in [0, 0.05) is 56.3 Å². The number of rotatable bonds is 9. The summed E-state index contributed by atoms with van der Waals surface area (Å²) < 4.78 is 16.2. The summed E-state index contributed by atoms with van der Waals surface area (Å²) in [5, 5.41) is 3.83. The molecule has 0 saturated carbocycles.